The molecule has 0 aliphatic heterocycles. The van der Waals surface area contributed by atoms with Gasteiger partial charge in [-0.3, -0.25) is 4.79 Å². The predicted molar refractivity (Wildman–Crippen MR) is 76.9 cm³/mol. The molecule has 1 rings (SSSR count). The van der Waals surface area contributed by atoms with Crippen LogP contribution in [0.1, 0.15) is 57.6 Å². The summed E-state index contributed by atoms with van der Waals surface area (Å²) in [5.41, 5.74) is 8.90. The molecule has 0 heterocycles. The predicted octanol–water partition coefficient (Wildman–Crippen LogP) is 3.22. The number of benzene rings is 1. The van der Waals surface area contributed by atoms with Gasteiger partial charge in [-0.2, -0.15) is 0 Å². The van der Waals surface area contributed by atoms with Gasteiger partial charge in [-0.15, -0.1) is 0 Å². The second kappa shape index (κ2) is 6.01. The fourth-order valence-electron chi connectivity index (χ4n) is 1.78. The lowest BCUT2D eigenvalue weighted by atomic mass is 9.94. The Hall–Kier alpha value is -1.35. The molecule has 0 aromatic heterocycles. The maximum absolute atomic E-state index is 11.7. The maximum atomic E-state index is 11.7. The van der Waals surface area contributed by atoms with Crippen molar-refractivity contribution in [2.24, 2.45) is 5.73 Å². The Labute approximate surface area is 110 Å². The summed E-state index contributed by atoms with van der Waals surface area (Å²) in [6, 6.07) is 5.72. The van der Waals surface area contributed by atoms with Gasteiger partial charge in [0.2, 0.25) is 5.91 Å². The third kappa shape index (κ3) is 3.57. The second-order valence-electron chi connectivity index (χ2n) is 5.43. The van der Waals surface area contributed by atoms with E-state index in [1.54, 1.807) is 6.92 Å². The van der Waals surface area contributed by atoms with Gasteiger partial charge in [0.1, 0.15) is 0 Å². The Morgan fingerprint density at radius 2 is 1.72 bits per heavy atom. The molecule has 3 nitrogen and oxygen atoms in total. The van der Waals surface area contributed by atoms with E-state index in [0.717, 1.165) is 11.3 Å². The van der Waals surface area contributed by atoms with Crippen molar-refractivity contribution in [3.8, 4) is 0 Å². The number of anilines is 1. The van der Waals surface area contributed by atoms with Crippen molar-refractivity contribution in [2.75, 3.05) is 5.32 Å². The zero-order valence-corrected chi connectivity index (χ0v) is 11.9. The molecule has 0 bridgehead atoms. The average molecular weight is 248 g/mol. The highest BCUT2D eigenvalue weighted by atomic mass is 16.2. The van der Waals surface area contributed by atoms with Crippen LogP contribution in [0.4, 0.5) is 5.69 Å². The molecule has 0 spiro atoms. The minimum Gasteiger partial charge on any atom is -0.324 e. The van der Waals surface area contributed by atoms with Crippen molar-refractivity contribution < 1.29 is 4.79 Å². The lowest BCUT2D eigenvalue weighted by Crippen LogP contribution is -2.32. The molecule has 0 saturated heterocycles. The quantitative estimate of drug-likeness (QED) is 0.859. The van der Waals surface area contributed by atoms with Crippen molar-refractivity contribution in [2.45, 2.75) is 52.5 Å². The van der Waals surface area contributed by atoms with Crippen molar-refractivity contribution in [3.05, 3.63) is 29.3 Å². The minimum atomic E-state index is -0.491. The molecule has 1 aromatic carbocycles. The number of hydrogen-bond acceptors (Lipinski definition) is 2. The van der Waals surface area contributed by atoms with Crippen LogP contribution in [0.15, 0.2) is 18.2 Å². The van der Waals surface area contributed by atoms with E-state index in [1.165, 1.54) is 5.56 Å². The average Bonchev–Trinajstić information content (AvgIpc) is 2.28. The summed E-state index contributed by atoms with van der Waals surface area (Å²) in [4.78, 5) is 11.7. The topological polar surface area (TPSA) is 55.1 Å². The summed E-state index contributed by atoms with van der Waals surface area (Å²) >= 11 is 0. The van der Waals surface area contributed by atoms with Crippen molar-refractivity contribution >= 4 is 11.6 Å². The summed E-state index contributed by atoms with van der Waals surface area (Å²) in [5.74, 6) is 0.710. The molecule has 1 atom stereocenters. The normalized spacial score (nSPS) is 12.9. The van der Waals surface area contributed by atoms with Gasteiger partial charge in [0.15, 0.2) is 0 Å². The zero-order chi connectivity index (χ0) is 13.9. The number of carbonyl (C=O) groups excluding carboxylic acids is 1. The van der Waals surface area contributed by atoms with Gasteiger partial charge < -0.3 is 11.1 Å². The Bertz CT molecular complexity index is 423. The first kappa shape index (κ1) is 14.7. The van der Waals surface area contributed by atoms with Gasteiger partial charge in [0, 0.05) is 5.69 Å². The van der Waals surface area contributed by atoms with Crippen LogP contribution in [-0.2, 0) is 4.79 Å². The van der Waals surface area contributed by atoms with E-state index >= 15 is 0 Å². The Morgan fingerprint density at radius 3 is 2.17 bits per heavy atom. The molecule has 3 N–H and O–H groups in total. The van der Waals surface area contributed by atoms with Crippen LogP contribution in [0.2, 0.25) is 0 Å². The molecule has 18 heavy (non-hydrogen) atoms. The van der Waals surface area contributed by atoms with E-state index < -0.39 is 6.04 Å². The van der Waals surface area contributed by atoms with Crippen LogP contribution in [0, 0.1) is 0 Å². The summed E-state index contributed by atoms with van der Waals surface area (Å²) in [6.45, 7) is 10.3. The van der Waals surface area contributed by atoms with Gasteiger partial charge in [-0.1, -0.05) is 39.8 Å². The van der Waals surface area contributed by atoms with Crippen LogP contribution in [-0.4, -0.2) is 11.9 Å². The second-order valence-corrected chi connectivity index (χ2v) is 5.43. The molecule has 3 heteroatoms. The highest BCUT2D eigenvalue weighted by Gasteiger charge is 2.13. The van der Waals surface area contributed by atoms with Gasteiger partial charge in [0.05, 0.1) is 6.04 Å². The molecule has 0 saturated carbocycles. The Balaban J connectivity index is 3.08. The van der Waals surface area contributed by atoms with Crippen molar-refractivity contribution in [3.63, 3.8) is 0 Å². The van der Waals surface area contributed by atoms with Crippen molar-refractivity contribution in [1.29, 1.82) is 0 Å². The van der Waals surface area contributed by atoms with Crippen LogP contribution in [0.3, 0.4) is 0 Å². The summed E-state index contributed by atoms with van der Waals surface area (Å²) in [5, 5.41) is 2.89. The first-order valence-corrected chi connectivity index (χ1v) is 6.53. The first-order chi connectivity index (χ1) is 8.32. The summed E-state index contributed by atoms with van der Waals surface area (Å²) in [7, 11) is 0. The summed E-state index contributed by atoms with van der Waals surface area (Å²) < 4.78 is 0. The Kier molecular flexibility index (Phi) is 4.91. The number of nitrogens with two attached hydrogens (primary N) is 1. The van der Waals surface area contributed by atoms with Crippen LogP contribution in [0.25, 0.3) is 0 Å². The number of nitrogens with one attached hydrogen (secondary N) is 1. The molecule has 0 aliphatic carbocycles. The van der Waals surface area contributed by atoms with E-state index in [1.807, 2.05) is 6.07 Å². The number of rotatable bonds is 4. The van der Waals surface area contributed by atoms with Crippen LogP contribution < -0.4 is 11.1 Å². The number of amides is 1. The third-order valence-corrected chi connectivity index (χ3v) is 3.04. The SMILES string of the molecule is CC(N)C(=O)Nc1ccc(C(C)C)cc1C(C)C. The fourth-order valence-corrected chi connectivity index (χ4v) is 1.78. The third-order valence-electron chi connectivity index (χ3n) is 3.04. The summed E-state index contributed by atoms with van der Waals surface area (Å²) in [6.07, 6.45) is 0. The number of carbonyl (C=O) groups is 1. The molecule has 0 radical (unpaired) electrons. The highest BCUT2D eigenvalue weighted by Crippen LogP contribution is 2.28. The Morgan fingerprint density at radius 1 is 1.11 bits per heavy atom. The molecular weight excluding hydrogens is 224 g/mol. The zero-order valence-electron chi connectivity index (χ0n) is 11.9. The first-order valence-electron chi connectivity index (χ1n) is 6.53. The fraction of sp³-hybridized carbons (Fsp3) is 0.533. The lowest BCUT2D eigenvalue weighted by Gasteiger charge is -2.17. The molecule has 1 unspecified atom stereocenters. The highest BCUT2D eigenvalue weighted by molar-refractivity contribution is 5.95. The van der Waals surface area contributed by atoms with E-state index in [0.29, 0.717) is 11.8 Å². The molecule has 0 fully saturated rings. The van der Waals surface area contributed by atoms with Gasteiger partial charge in [-0.25, -0.2) is 0 Å². The van der Waals surface area contributed by atoms with Gasteiger partial charge >= 0.3 is 0 Å². The molecule has 100 valence electrons. The molecule has 1 aromatic rings. The minimum absolute atomic E-state index is 0.144. The van der Waals surface area contributed by atoms with E-state index in [2.05, 4.69) is 45.1 Å². The largest absolute Gasteiger partial charge is 0.324 e. The monoisotopic (exact) mass is 248 g/mol. The lowest BCUT2D eigenvalue weighted by molar-refractivity contribution is -0.117. The standard InChI is InChI=1S/C15H24N2O/c1-9(2)12-6-7-14(13(8-12)10(3)4)17-15(18)11(5)16/h6-11H,16H2,1-5H3,(H,17,18). The van der Waals surface area contributed by atoms with Crippen LogP contribution in [0.5, 0.6) is 0 Å². The van der Waals surface area contributed by atoms with E-state index in [-0.39, 0.29) is 5.91 Å². The van der Waals surface area contributed by atoms with Gasteiger partial charge in [0.25, 0.3) is 0 Å². The van der Waals surface area contributed by atoms with Gasteiger partial charge in [-0.05, 0) is 36.0 Å². The maximum Gasteiger partial charge on any atom is 0.241 e. The van der Waals surface area contributed by atoms with Crippen molar-refractivity contribution in [1.82, 2.24) is 0 Å². The smallest absolute Gasteiger partial charge is 0.241 e. The molecule has 1 amide bonds. The van der Waals surface area contributed by atoms with Crippen LogP contribution >= 0.6 is 0 Å². The number of hydrogen-bond donors (Lipinski definition) is 2. The van der Waals surface area contributed by atoms with E-state index in [4.69, 9.17) is 5.73 Å². The molecular formula is C15H24N2O. The molecule has 0 aliphatic rings. The van der Waals surface area contributed by atoms with E-state index in [9.17, 15) is 4.79 Å².